The number of ketones is 2. The Bertz CT molecular complexity index is 293. The minimum atomic E-state index is -1.01. The van der Waals surface area contributed by atoms with Crippen LogP contribution in [0.15, 0.2) is 11.8 Å². The molecule has 0 saturated carbocycles. The van der Waals surface area contributed by atoms with Crippen LogP contribution in [0.5, 0.6) is 0 Å². The molecule has 0 spiro atoms. The molecular weight excluding hydrogens is 183 g/mol. The van der Waals surface area contributed by atoms with E-state index in [0.29, 0.717) is 5.76 Å². The van der Waals surface area contributed by atoms with E-state index in [9.17, 15) is 14.4 Å². The molecule has 66 valence electrons. The fourth-order valence-electron chi connectivity index (χ4n) is 0.961. The van der Waals surface area contributed by atoms with Crippen molar-refractivity contribution in [3.05, 3.63) is 11.8 Å². The van der Waals surface area contributed by atoms with E-state index in [4.69, 9.17) is 0 Å². The van der Waals surface area contributed by atoms with E-state index < -0.39 is 23.5 Å². The summed E-state index contributed by atoms with van der Waals surface area (Å²) < 4.78 is 4.59. The summed E-state index contributed by atoms with van der Waals surface area (Å²) in [6.45, 7) is 2.70. The van der Waals surface area contributed by atoms with E-state index in [-0.39, 0.29) is 29.6 Å². The van der Waals surface area contributed by atoms with E-state index in [0.717, 1.165) is 6.92 Å². The summed E-state index contributed by atoms with van der Waals surface area (Å²) in [5, 5.41) is 0. The molecular formula is C8H9NaO4. The molecule has 0 aromatic heterocycles. The maximum atomic E-state index is 11.0. The van der Waals surface area contributed by atoms with Gasteiger partial charge in [-0.1, -0.05) is 0 Å². The van der Waals surface area contributed by atoms with Crippen LogP contribution in [0.1, 0.15) is 13.8 Å². The Kier molecular flexibility index (Phi) is 4.53. The van der Waals surface area contributed by atoms with Crippen molar-refractivity contribution in [2.45, 2.75) is 13.8 Å². The predicted octanol–water partition coefficient (Wildman–Crippen LogP) is -0.427. The predicted molar refractivity (Wildman–Crippen MR) is 46.2 cm³/mol. The van der Waals surface area contributed by atoms with Crippen molar-refractivity contribution in [2.24, 2.45) is 5.92 Å². The van der Waals surface area contributed by atoms with Crippen molar-refractivity contribution >= 4 is 47.1 Å². The average molecular weight is 192 g/mol. The first-order valence-corrected chi connectivity index (χ1v) is 3.47. The van der Waals surface area contributed by atoms with E-state index in [1.54, 1.807) is 6.92 Å². The molecule has 0 bridgehead atoms. The topological polar surface area (TPSA) is 60.4 Å². The summed E-state index contributed by atoms with van der Waals surface area (Å²) >= 11 is 0. The molecule has 0 saturated heterocycles. The first-order chi connectivity index (χ1) is 5.52. The van der Waals surface area contributed by atoms with Crippen LogP contribution in [0, 0.1) is 5.92 Å². The van der Waals surface area contributed by atoms with Crippen LogP contribution in [-0.4, -0.2) is 47.1 Å². The number of carbonyl (C=O) groups is 3. The number of esters is 1. The molecule has 1 unspecified atom stereocenters. The van der Waals surface area contributed by atoms with Crippen LogP contribution in [0.25, 0.3) is 0 Å². The summed E-state index contributed by atoms with van der Waals surface area (Å²) in [6, 6.07) is 0. The zero-order valence-electron chi connectivity index (χ0n) is 6.79. The Morgan fingerprint density at radius 2 is 2.00 bits per heavy atom. The van der Waals surface area contributed by atoms with Gasteiger partial charge in [0.25, 0.3) is 0 Å². The van der Waals surface area contributed by atoms with Gasteiger partial charge in [0.1, 0.15) is 11.7 Å². The van der Waals surface area contributed by atoms with Crippen molar-refractivity contribution in [3.8, 4) is 0 Å². The molecule has 5 heteroatoms. The molecule has 1 atom stereocenters. The van der Waals surface area contributed by atoms with Gasteiger partial charge in [-0.25, -0.2) is 0 Å². The average Bonchev–Trinajstić information content (AvgIpc) is 2.28. The van der Waals surface area contributed by atoms with E-state index in [1.165, 1.54) is 6.08 Å². The van der Waals surface area contributed by atoms with Gasteiger partial charge in [-0.15, -0.1) is 0 Å². The first kappa shape index (κ1) is 12.6. The molecule has 0 fully saturated rings. The molecule has 4 nitrogen and oxygen atoms in total. The standard InChI is InChI=1S/C8H8O4.Na.H/c1-4-3-6(8(11)12-4)7(10)5(2)9;;/h3,6H,1-2H3;;. The molecule has 0 radical (unpaired) electrons. The fraction of sp³-hybridized carbons (Fsp3) is 0.375. The van der Waals surface area contributed by atoms with Crippen LogP contribution >= 0.6 is 0 Å². The molecule has 1 heterocycles. The number of cyclic esters (lactones) is 1. The Hall–Kier alpha value is -0.450. The van der Waals surface area contributed by atoms with E-state index in [1.807, 2.05) is 0 Å². The van der Waals surface area contributed by atoms with Crippen molar-refractivity contribution in [1.29, 1.82) is 0 Å². The second-order valence-electron chi connectivity index (χ2n) is 2.60. The summed E-state index contributed by atoms with van der Waals surface area (Å²) in [7, 11) is 0. The van der Waals surface area contributed by atoms with Gasteiger partial charge < -0.3 is 4.74 Å². The minimum absolute atomic E-state index is 0. The number of allylic oxidation sites excluding steroid dienone is 1. The van der Waals surface area contributed by atoms with Gasteiger partial charge in [0, 0.05) is 6.92 Å². The van der Waals surface area contributed by atoms with Crippen molar-refractivity contribution in [2.75, 3.05) is 0 Å². The molecule has 0 aromatic rings. The number of hydrogen-bond acceptors (Lipinski definition) is 4. The van der Waals surface area contributed by atoms with E-state index in [2.05, 4.69) is 4.74 Å². The second kappa shape index (κ2) is 4.69. The van der Waals surface area contributed by atoms with Gasteiger partial charge >= 0.3 is 35.5 Å². The number of Topliss-reactive ketones (excluding diaryl/α,β-unsaturated/α-hetero) is 2. The van der Waals surface area contributed by atoms with Crippen LogP contribution < -0.4 is 0 Å². The molecule has 0 aromatic carbocycles. The third kappa shape index (κ3) is 2.76. The van der Waals surface area contributed by atoms with Gasteiger partial charge in [0.15, 0.2) is 5.78 Å². The molecule has 0 aliphatic carbocycles. The van der Waals surface area contributed by atoms with Gasteiger partial charge in [-0.2, -0.15) is 0 Å². The third-order valence-electron chi connectivity index (χ3n) is 1.55. The maximum absolute atomic E-state index is 11.0. The first-order valence-electron chi connectivity index (χ1n) is 3.47. The summed E-state index contributed by atoms with van der Waals surface area (Å²) in [5.74, 6) is -2.63. The normalized spacial score (nSPS) is 20.0. The van der Waals surface area contributed by atoms with Crippen LogP contribution in [0.3, 0.4) is 0 Å². The summed E-state index contributed by atoms with van der Waals surface area (Å²) in [6.07, 6.45) is 1.35. The molecule has 1 aliphatic heterocycles. The van der Waals surface area contributed by atoms with Gasteiger partial charge in [-0.05, 0) is 13.0 Å². The van der Waals surface area contributed by atoms with Crippen LogP contribution in [0.4, 0.5) is 0 Å². The summed E-state index contributed by atoms with van der Waals surface area (Å²) in [4.78, 5) is 32.5. The van der Waals surface area contributed by atoms with Gasteiger partial charge in [0.05, 0.1) is 0 Å². The molecule has 0 amide bonds. The quantitative estimate of drug-likeness (QED) is 0.258. The Morgan fingerprint density at radius 1 is 1.46 bits per heavy atom. The number of carbonyl (C=O) groups excluding carboxylic acids is 3. The Labute approximate surface area is 97.6 Å². The second-order valence-corrected chi connectivity index (χ2v) is 2.60. The van der Waals surface area contributed by atoms with Crippen molar-refractivity contribution in [1.82, 2.24) is 0 Å². The zero-order chi connectivity index (χ0) is 9.30. The van der Waals surface area contributed by atoms with E-state index >= 15 is 0 Å². The zero-order valence-corrected chi connectivity index (χ0v) is 6.79. The molecule has 1 rings (SSSR count). The van der Waals surface area contributed by atoms with Crippen molar-refractivity contribution in [3.63, 3.8) is 0 Å². The number of ether oxygens (including phenoxy) is 1. The van der Waals surface area contributed by atoms with Crippen LogP contribution in [0.2, 0.25) is 0 Å². The molecule has 13 heavy (non-hydrogen) atoms. The van der Waals surface area contributed by atoms with Gasteiger partial charge in [0.2, 0.25) is 5.78 Å². The summed E-state index contributed by atoms with van der Waals surface area (Å²) in [5.41, 5.74) is 0. The fourth-order valence-corrected chi connectivity index (χ4v) is 0.961. The van der Waals surface area contributed by atoms with Crippen LogP contribution in [-0.2, 0) is 19.1 Å². The van der Waals surface area contributed by atoms with Gasteiger partial charge in [-0.3, -0.25) is 14.4 Å². The molecule has 1 aliphatic rings. The molecule has 0 N–H and O–H groups in total. The Balaban J connectivity index is 0.00000144. The number of rotatable bonds is 2. The SMILES string of the molecule is CC(=O)C(=O)C1C=C(C)OC1=O.[NaH]. The third-order valence-corrected chi connectivity index (χ3v) is 1.55. The Morgan fingerprint density at radius 3 is 2.31 bits per heavy atom. The van der Waals surface area contributed by atoms with Crippen molar-refractivity contribution < 1.29 is 19.1 Å². The monoisotopic (exact) mass is 192 g/mol. The number of hydrogen-bond donors (Lipinski definition) is 0.